The Morgan fingerprint density at radius 1 is 1.23 bits per heavy atom. The number of aliphatic hydroxyl groups is 1. The third-order valence-electron chi connectivity index (χ3n) is 8.41. The fraction of sp³-hybridized carbons (Fsp3) is 0.818. The van der Waals surface area contributed by atoms with Crippen LogP contribution in [-0.4, -0.2) is 29.6 Å². The van der Waals surface area contributed by atoms with E-state index < -0.39 is 0 Å². The van der Waals surface area contributed by atoms with Gasteiger partial charge < -0.3 is 9.84 Å². The maximum atomic E-state index is 12.3. The Bertz CT molecular complexity index is 638. The third kappa shape index (κ3) is 2.67. The Morgan fingerprint density at radius 3 is 2.81 bits per heavy atom. The summed E-state index contributed by atoms with van der Waals surface area (Å²) in [6.45, 7) is 4.53. The Balaban J connectivity index is 1.66. The van der Waals surface area contributed by atoms with Crippen LogP contribution in [0.3, 0.4) is 0 Å². The molecule has 0 aromatic rings. The molecule has 0 amide bonds. The molecule has 4 aliphatic carbocycles. The minimum absolute atomic E-state index is 0.00854. The van der Waals surface area contributed by atoms with E-state index in [2.05, 4.69) is 13.8 Å². The average Bonchev–Trinajstić information content (AvgIpc) is 2.98. The quantitative estimate of drug-likeness (QED) is 0.777. The largest absolute Gasteiger partial charge is 0.461 e. The van der Waals surface area contributed by atoms with Crippen LogP contribution in [0.1, 0.15) is 71.6 Å². The van der Waals surface area contributed by atoms with Gasteiger partial charge in [0.2, 0.25) is 0 Å². The van der Waals surface area contributed by atoms with Gasteiger partial charge in [0.1, 0.15) is 6.10 Å². The van der Waals surface area contributed by atoms with E-state index in [1.54, 1.807) is 0 Å². The summed E-state index contributed by atoms with van der Waals surface area (Å²) in [5, 5.41) is 9.05. The zero-order valence-electron chi connectivity index (χ0n) is 16.1. The van der Waals surface area contributed by atoms with E-state index in [4.69, 9.17) is 9.84 Å². The number of carbonyl (C=O) groups excluding carboxylic acids is 2. The van der Waals surface area contributed by atoms with Gasteiger partial charge in [-0.15, -0.1) is 0 Å². The number of rotatable bonds is 3. The molecule has 4 nitrogen and oxygen atoms in total. The Hall–Kier alpha value is -1.16. The summed E-state index contributed by atoms with van der Waals surface area (Å²) in [5.74, 6) is 1.67. The van der Waals surface area contributed by atoms with Crippen LogP contribution in [0.4, 0.5) is 0 Å². The highest BCUT2D eigenvalue weighted by Crippen LogP contribution is 2.65. The van der Waals surface area contributed by atoms with Crippen LogP contribution in [0.5, 0.6) is 0 Å². The SMILES string of the molecule is C[C@@]12CCC[C@H]1[C@@H]1CCC3=CC(=O)CC(OC(=O)CCO)[C@]3(C)[C@H]1CC2. The van der Waals surface area contributed by atoms with Gasteiger partial charge in [0.25, 0.3) is 0 Å². The van der Waals surface area contributed by atoms with Crippen molar-refractivity contribution in [3.8, 4) is 0 Å². The molecule has 0 heterocycles. The van der Waals surface area contributed by atoms with Crippen molar-refractivity contribution < 1.29 is 19.4 Å². The fourth-order valence-corrected chi connectivity index (χ4v) is 7.05. The van der Waals surface area contributed by atoms with Crippen LogP contribution in [-0.2, 0) is 14.3 Å². The molecule has 4 aliphatic rings. The zero-order chi connectivity index (χ0) is 18.5. The average molecular weight is 360 g/mol. The molecule has 0 radical (unpaired) electrons. The van der Waals surface area contributed by atoms with Crippen molar-refractivity contribution in [1.29, 1.82) is 0 Å². The van der Waals surface area contributed by atoms with Gasteiger partial charge in [0.05, 0.1) is 13.0 Å². The summed E-state index contributed by atoms with van der Waals surface area (Å²) in [5.41, 5.74) is 1.48. The predicted molar refractivity (Wildman–Crippen MR) is 98.3 cm³/mol. The molecule has 4 heteroatoms. The maximum absolute atomic E-state index is 12.3. The molecule has 0 spiro atoms. The number of ketones is 1. The molecular weight excluding hydrogens is 328 g/mol. The number of fused-ring (bicyclic) bond motifs is 5. The van der Waals surface area contributed by atoms with Crippen LogP contribution in [0, 0.1) is 28.6 Å². The summed E-state index contributed by atoms with van der Waals surface area (Å²) in [4.78, 5) is 24.4. The van der Waals surface area contributed by atoms with Crippen LogP contribution in [0.2, 0.25) is 0 Å². The minimum atomic E-state index is -0.378. The maximum Gasteiger partial charge on any atom is 0.308 e. The molecule has 0 bridgehead atoms. The van der Waals surface area contributed by atoms with Crippen molar-refractivity contribution in [2.75, 3.05) is 6.61 Å². The first-order valence-corrected chi connectivity index (χ1v) is 10.4. The minimum Gasteiger partial charge on any atom is -0.461 e. The van der Waals surface area contributed by atoms with Gasteiger partial charge in [0.15, 0.2) is 5.78 Å². The highest BCUT2D eigenvalue weighted by molar-refractivity contribution is 5.92. The van der Waals surface area contributed by atoms with E-state index >= 15 is 0 Å². The Labute approximate surface area is 156 Å². The summed E-state index contributed by atoms with van der Waals surface area (Å²) in [6.07, 6.45) is 10.4. The summed E-state index contributed by atoms with van der Waals surface area (Å²) in [6, 6.07) is 0. The van der Waals surface area contributed by atoms with E-state index in [-0.39, 0.29) is 36.3 Å². The number of hydrogen-bond donors (Lipinski definition) is 1. The van der Waals surface area contributed by atoms with E-state index in [9.17, 15) is 9.59 Å². The normalized spacial score (nSPS) is 44.6. The van der Waals surface area contributed by atoms with Crippen molar-refractivity contribution in [3.05, 3.63) is 11.6 Å². The molecule has 4 rings (SSSR count). The molecule has 26 heavy (non-hydrogen) atoms. The number of hydrogen-bond acceptors (Lipinski definition) is 4. The zero-order valence-corrected chi connectivity index (χ0v) is 16.1. The van der Waals surface area contributed by atoms with Gasteiger partial charge in [-0.25, -0.2) is 0 Å². The molecule has 0 aliphatic heterocycles. The van der Waals surface area contributed by atoms with Crippen molar-refractivity contribution >= 4 is 11.8 Å². The van der Waals surface area contributed by atoms with Crippen LogP contribution < -0.4 is 0 Å². The number of ether oxygens (including phenoxy) is 1. The lowest BCUT2D eigenvalue weighted by molar-refractivity contribution is -0.166. The van der Waals surface area contributed by atoms with Crippen molar-refractivity contribution in [1.82, 2.24) is 0 Å². The van der Waals surface area contributed by atoms with E-state index in [1.807, 2.05) is 6.08 Å². The molecule has 0 aromatic heterocycles. The van der Waals surface area contributed by atoms with E-state index in [0.717, 1.165) is 12.3 Å². The van der Waals surface area contributed by atoms with Crippen LogP contribution in [0.15, 0.2) is 11.6 Å². The standard InChI is InChI=1S/C22H32O4/c1-21-9-3-4-17(21)16-6-5-14-12-15(24)13-19(26-20(25)8-11-23)22(14,2)18(16)7-10-21/h12,16-19,23H,3-11,13H2,1-2H3/t16-,17-,18-,19?,21-,22-/m0/s1. The van der Waals surface area contributed by atoms with E-state index in [0.29, 0.717) is 23.7 Å². The second-order valence-corrected chi connectivity index (χ2v) is 9.58. The lowest BCUT2D eigenvalue weighted by atomic mass is 9.47. The lowest BCUT2D eigenvalue weighted by Crippen LogP contribution is -2.55. The van der Waals surface area contributed by atoms with Gasteiger partial charge in [-0.05, 0) is 67.8 Å². The Morgan fingerprint density at radius 2 is 2.04 bits per heavy atom. The molecule has 0 aromatic carbocycles. The monoisotopic (exact) mass is 360 g/mol. The smallest absolute Gasteiger partial charge is 0.308 e. The first kappa shape index (κ1) is 18.2. The summed E-state index contributed by atoms with van der Waals surface area (Å²) < 4.78 is 5.80. The summed E-state index contributed by atoms with van der Waals surface area (Å²) in [7, 11) is 0. The Kier molecular flexibility index (Phi) is 4.53. The van der Waals surface area contributed by atoms with Crippen LogP contribution in [0.25, 0.3) is 0 Å². The molecule has 6 atom stereocenters. The molecule has 144 valence electrons. The number of esters is 1. The highest BCUT2D eigenvalue weighted by atomic mass is 16.5. The molecular formula is C22H32O4. The predicted octanol–water partition coefficient (Wildman–Crippen LogP) is 3.81. The van der Waals surface area contributed by atoms with Crippen molar-refractivity contribution in [2.24, 2.45) is 28.6 Å². The molecule has 1 unspecified atom stereocenters. The number of carbonyl (C=O) groups is 2. The van der Waals surface area contributed by atoms with Gasteiger partial charge in [-0.1, -0.05) is 25.8 Å². The highest BCUT2D eigenvalue weighted by Gasteiger charge is 2.59. The van der Waals surface area contributed by atoms with Crippen molar-refractivity contribution in [2.45, 2.75) is 77.7 Å². The van der Waals surface area contributed by atoms with Gasteiger partial charge in [-0.2, -0.15) is 0 Å². The molecule has 3 fully saturated rings. The second kappa shape index (κ2) is 6.47. The first-order valence-electron chi connectivity index (χ1n) is 10.4. The van der Waals surface area contributed by atoms with Gasteiger partial charge in [-0.3, -0.25) is 9.59 Å². The third-order valence-corrected chi connectivity index (χ3v) is 8.41. The topological polar surface area (TPSA) is 63.6 Å². The first-order chi connectivity index (χ1) is 12.4. The fourth-order valence-electron chi connectivity index (χ4n) is 7.05. The lowest BCUT2D eigenvalue weighted by Gasteiger charge is -2.58. The van der Waals surface area contributed by atoms with Crippen LogP contribution >= 0.6 is 0 Å². The molecule has 0 saturated heterocycles. The van der Waals surface area contributed by atoms with Gasteiger partial charge in [0, 0.05) is 11.8 Å². The summed E-state index contributed by atoms with van der Waals surface area (Å²) >= 11 is 0. The number of aliphatic hydroxyl groups excluding tert-OH is 1. The van der Waals surface area contributed by atoms with Crippen molar-refractivity contribution in [3.63, 3.8) is 0 Å². The molecule has 1 N–H and O–H groups in total. The van der Waals surface area contributed by atoms with E-state index in [1.165, 1.54) is 44.1 Å². The molecule has 3 saturated carbocycles. The second-order valence-electron chi connectivity index (χ2n) is 9.58. The van der Waals surface area contributed by atoms with Gasteiger partial charge >= 0.3 is 5.97 Å².